The molecule has 0 aliphatic rings. The number of rotatable bonds is 18. The van der Waals surface area contributed by atoms with E-state index in [1.54, 1.807) is 6.20 Å². The predicted molar refractivity (Wildman–Crippen MR) is 179 cm³/mol. The number of para-hydroxylation sites is 1. The Balaban J connectivity index is 1.49. The summed E-state index contributed by atoms with van der Waals surface area (Å²) in [6.45, 7) is 0. The average molecular weight is 706 g/mol. The van der Waals surface area contributed by atoms with Crippen LogP contribution >= 0.6 is 0 Å². The maximum atomic E-state index is 13.6. The van der Waals surface area contributed by atoms with Crippen molar-refractivity contribution >= 4 is 57.8 Å². The molecule has 2 heterocycles. The van der Waals surface area contributed by atoms with Crippen molar-refractivity contribution in [1.82, 2.24) is 30.9 Å². The molecule has 0 bridgehead atoms. The molecule has 0 saturated heterocycles. The molecule has 51 heavy (non-hydrogen) atoms. The summed E-state index contributed by atoms with van der Waals surface area (Å²) in [5, 5.41) is 40.2. The molecule has 0 saturated carbocycles. The first kappa shape index (κ1) is 37.2. The summed E-state index contributed by atoms with van der Waals surface area (Å²) in [6.07, 6.45) is 2.44. The van der Waals surface area contributed by atoms with Crippen LogP contribution < -0.4 is 27.0 Å². The highest BCUT2D eigenvalue weighted by molar-refractivity contribution is 6.00. The highest BCUT2D eigenvalue weighted by Gasteiger charge is 2.32. The van der Waals surface area contributed by atoms with Crippen molar-refractivity contribution in [2.75, 3.05) is 5.32 Å². The van der Waals surface area contributed by atoms with Gasteiger partial charge in [-0.15, -0.1) is 0 Å². The van der Waals surface area contributed by atoms with Crippen LogP contribution in [0.3, 0.4) is 0 Å². The zero-order valence-electron chi connectivity index (χ0n) is 26.8. The van der Waals surface area contributed by atoms with Gasteiger partial charge < -0.3 is 47.2 Å². The molecule has 19 nitrogen and oxygen atoms in total. The number of aromatic amines is 2. The molecule has 4 aromatic rings. The van der Waals surface area contributed by atoms with Crippen LogP contribution in [0.2, 0.25) is 0 Å². The van der Waals surface area contributed by atoms with Crippen LogP contribution in [0.4, 0.5) is 11.4 Å². The monoisotopic (exact) mass is 705 g/mol. The molecule has 0 spiro atoms. The molecule has 4 atom stereocenters. The van der Waals surface area contributed by atoms with E-state index in [2.05, 4.69) is 36.2 Å². The zero-order chi connectivity index (χ0) is 37.1. The van der Waals surface area contributed by atoms with Gasteiger partial charge in [0.25, 0.3) is 5.69 Å². The summed E-state index contributed by atoms with van der Waals surface area (Å²) in [5.41, 5.74) is 7.93. The lowest BCUT2D eigenvalue weighted by molar-refractivity contribution is -0.384. The van der Waals surface area contributed by atoms with E-state index in [0.717, 1.165) is 28.6 Å². The van der Waals surface area contributed by atoms with Crippen molar-refractivity contribution in [3.8, 4) is 0 Å². The van der Waals surface area contributed by atoms with Gasteiger partial charge >= 0.3 is 11.9 Å². The van der Waals surface area contributed by atoms with Gasteiger partial charge in [0.2, 0.25) is 23.6 Å². The standard InChI is InChI=1S/C32H35N9O10/c33-22(11-17-14-35-23-4-2-1-3-21(17)23)29(46)38-24(9-10-27(42)43)30(47)39-25(12-19-15-34-16-36-19)32(49)40-26(13-28(44)45)31(48)37-18-5-7-20(8-6-18)41(50)51/h1-8,14-16,22,24-26,35H,9-13,33H2,(H,34,36)(H,37,48)(H,38,46)(H,39,47)(H,40,49)(H,42,43)(H,44,45)/t22-,24-,25-,26-/m0/s1. The summed E-state index contributed by atoms with van der Waals surface area (Å²) < 4.78 is 0. The van der Waals surface area contributed by atoms with Crippen molar-refractivity contribution in [2.24, 2.45) is 5.73 Å². The molecule has 4 rings (SSSR count). The number of carboxylic acids is 2. The van der Waals surface area contributed by atoms with E-state index >= 15 is 0 Å². The molecule has 2 aromatic heterocycles. The van der Waals surface area contributed by atoms with Crippen LogP contribution in [0.1, 0.15) is 30.5 Å². The molecule has 10 N–H and O–H groups in total. The molecule has 0 aliphatic heterocycles. The summed E-state index contributed by atoms with van der Waals surface area (Å²) >= 11 is 0. The van der Waals surface area contributed by atoms with Crippen LogP contribution in [-0.2, 0) is 41.6 Å². The highest BCUT2D eigenvalue weighted by Crippen LogP contribution is 2.19. The van der Waals surface area contributed by atoms with Crippen LogP contribution in [-0.4, -0.2) is 89.8 Å². The van der Waals surface area contributed by atoms with Crippen LogP contribution in [0.5, 0.6) is 0 Å². The number of fused-ring (bicyclic) bond motifs is 1. The number of carboxylic acid groups (broad SMARTS) is 2. The second-order valence-corrected chi connectivity index (χ2v) is 11.5. The topological polar surface area (TPSA) is 305 Å². The van der Waals surface area contributed by atoms with Crippen molar-refractivity contribution < 1.29 is 43.9 Å². The number of non-ortho nitro benzene ring substituents is 1. The number of nitro benzene ring substituents is 1. The van der Waals surface area contributed by atoms with Gasteiger partial charge in [-0.2, -0.15) is 0 Å². The summed E-state index contributed by atoms with van der Waals surface area (Å²) in [5.74, 6) is -6.39. The van der Waals surface area contributed by atoms with E-state index in [4.69, 9.17) is 5.73 Å². The Morgan fingerprint density at radius 1 is 0.824 bits per heavy atom. The minimum absolute atomic E-state index is 0.0810. The fourth-order valence-corrected chi connectivity index (χ4v) is 5.10. The first-order chi connectivity index (χ1) is 24.3. The fraction of sp³-hybridized carbons (Fsp3) is 0.281. The SMILES string of the molecule is N[C@@H](Cc1c[nH]c2ccccc12)C(=O)N[C@@H](CCC(=O)O)C(=O)N[C@@H](Cc1cnc[nH]1)C(=O)N[C@@H](CC(=O)O)C(=O)Nc1ccc([N+](=O)[O-])cc1. The number of aliphatic carboxylic acids is 2. The Morgan fingerprint density at radius 2 is 1.49 bits per heavy atom. The fourth-order valence-electron chi connectivity index (χ4n) is 5.10. The van der Waals surface area contributed by atoms with Gasteiger partial charge in [-0.1, -0.05) is 18.2 Å². The molecular weight excluding hydrogens is 670 g/mol. The van der Waals surface area contributed by atoms with E-state index in [1.807, 2.05) is 24.3 Å². The Labute approximate surface area is 288 Å². The Bertz CT molecular complexity index is 1890. The number of nitrogens with two attached hydrogens (primary N) is 1. The quantitative estimate of drug-likeness (QED) is 0.0500. The maximum absolute atomic E-state index is 13.6. The second kappa shape index (κ2) is 17.2. The van der Waals surface area contributed by atoms with Crippen molar-refractivity contribution in [3.05, 3.63) is 88.6 Å². The number of H-pyrrole nitrogens is 2. The van der Waals surface area contributed by atoms with Crippen molar-refractivity contribution in [1.29, 1.82) is 0 Å². The number of nitrogens with zero attached hydrogens (tertiary/aromatic N) is 2. The van der Waals surface area contributed by atoms with Gasteiger partial charge in [0.1, 0.15) is 18.1 Å². The maximum Gasteiger partial charge on any atom is 0.305 e. The molecular formula is C32H35N9O10. The highest BCUT2D eigenvalue weighted by atomic mass is 16.6. The van der Waals surface area contributed by atoms with Gasteiger partial charge in [-0.05, 0) is 36.6 Å². The molecule has 4 amide bonds. The molecule has 268 valence electrons. The van der Waals surface area contributed by atoms with E-state index in [0.29, 0.717) is 5.69 Å². The normalized spacial score (nSPS) is 13.3. The predicted octanol–water partition coefficient (Wildman–Crippen LogP) is 0.344. The third-order valence-electron chi connectivity index (χ3n) is 7.70. The summed E-state index contributed by atoms with van der Waals surface area (Å²) in [7, 11) is 0. The number of imidazole rings is 1. The number of anilines is 1. The number of hydrogen-bond acceptors (Lipinski definition) is 10. The number of nitrogens with one attached hydrogen (secondary N) is 6. The van der Waals surface area contributed by atoms with Gasteiger partial charge in [-0.3, -0.25) is 38.9 Å². The number of aromatic nitrogens is 3. The lowest BCUT2D eigenvalue weighted by Crippen LogP contribution is -2.58. The summed E-state index contributed by atoms with van der Waals surface area (Å²) in [6, 6.07) is 6.27. The van der Waals surface area contributed by atoms with E-state index in [9.17, 15) is 49.1 Å². The van der Waals surface area contributed by atoms with Crippen LogP contribution in [0, 0.1) is 10.1 Å². The van der Waals surface area contributed by atoms with Gasteiger partial charge in [0.05, 0.1) is 23.7 Å². The largest absolute Gasteiger partial charge is 0.481 e. The number of hydrogen-bond donors (Lipinski definition) is 9. The minimum atomic E-state index is -1.67. The number of carbonyl (C=O) groups excluding carboxylic acids is 4. The van der Waals surface area contributed by atoms with E-state index in [-0.39, 0.29) is 30.6 Å². The van der Waals surface area contributed by atoms with E-state index < -0.39 is 77.5 Å². The second-order valence-electron chi connectivity index (χ2n) is 11.5. The molecule has 0 radical (unpaired) electrons. The Morgan fingerprint density at radius 3 is 2.14 bits per heavy atom. The van der Waals surface area contributed by atoms with E-state index in [1.165, 1.54) is 24.7 Å². The van der Waals surface area contributed by atoms with Crippen LogP contribution in [0.15, 0.2) is 67.3 Å². The lowest BCUT2D eigenvalue weighted by atomic mass is 10.0. The number of benzene rings is 2. The van der Waals surface area contributed by atoms with Gasteiger partial charge in [-0.25, -0.2) is 4.98 Å². The Kier molecular flexibility index (Phi) is 12.5. The first-order valence-corrected chi connectivity index (χ1v) is 15.5. The molecule has 0 fully saturated rings. The number of amides is 4. The molecule has 19 heteroatoms. The summed E-state index contributed by atoms with van der Waals surface area (Å²) in [4.78, 5) is 96.4. The van der Waals surface area contributed by atoms with Crippen LogP contribution in [0.25, 0.3) is 10.9 Å². The molecule has 0 unspecified atom stereocenters. The van der Waals surface area contributed by atoms with Gasteiger partial charge in [0, 0.05) is 59.7 Å². The third-order valence-corrected chi connectivity index (χ3v) is 7.70. The first-order valence-electron chi connectivity index (χ1n) is 15.5. The van der Waals surface area contributed by atoms with Crippen molar-refractivity contribution in [3.63, 3.8) is 0 Å². The average Bonchev–Trinajstić information content (AvgIpc) is 3.76. The number of nitro groups is 1. The lowest BCUT2D eigenvalue weighted by Gasteiger charge is -2.25. The minimum Gasteiger partial charge on any atom is -0.481 e. The molecule has 0 aliphatic carbocycles. The van der Waals surface area contributed by atoms with Crippen molar-refractivity contribution in [2.45, 2.75) is 56.3 Å². The smallest absolute Gasteiger partial charge is 0.305 e. The molecule has 2 aromatic carbocycles. The third kappa shape index (κ3) is 10.7. The number of carbonyl (C=O) groups is 6. The zero-order valence-corrected chi connectivity index (χ0v) is 26.8. The Hall–Kier alpha value is -6.63. The van der Waals surface area contributed by atoms with Gasteiger partial charge in [0.15, 0.2) is 0 Å².